The third-order valence-electron chi connectivity index (χ3n) is 7.02. The summed E-state index contributed by atoms with van der Waals surface area (Å²) in [5.41, 5.74) is -0.861. The molecule has 0 fully saturated rings. The molecule has 0 spiro atoms. The molecule has 224 valence electrons. The number of ether oxygens (including phenoxy) is 1. The van der Waals surface area contributed by atoms with Crippen molar-refractivity contribution in [3.63, 3.8) is 0 Å². The van der Waals surface area contributed by atoms with Crippen molar-refractivity contribution in [3.8, 4) is 0 Å². The third-order valence-corrected chi connectivity index (χ3v) is 7.02. The Hall–Kier alpha value is -3.16. The lowest BCUT2D eigenvalue weighted by Crippen LogP contribution is -2.63. The number of amides is 3. The topological polar surface area (TPSA) is 96.0 Å². The molecule has 0 aliphatic heterocycles. The van der Waals surface area contributed by atoms with E-state index in [0.717, 1.165) is 11.8 Å². The molecule has 1 N–H and O–H groups in total. The highest BCUT2D eigenvalue weighted by atomic mass is 16.6. The molecule has 8 heteroatoms. The second-order valence-electron chi connectivity index (χ2n) is 13.6. The Bertz CT molecular complexity index is 1060. The number of rotatable bonds is 10. The average Bonchev–Trinajstić information content (AvgIpc) is 2.83. The van der Waals surface area contributed by atoms with Crippen molar-refractivity contribution >= 4 is 24.2 Å². The zero-order chi connectivity index (χ0) is 31.2. The van der Waals surface area contributed by atoms with Crippen LogP contribution in [0, 0.1) is 11.3 Å². The third kappa shape index (κ3) is 9.20. The van der Waals surface area contributed by atoms with Gasteiger partial charge >= 0.3 is 6.09 Å². The van der Waals surface area contributed by atoms with E-state index in [0.29, 0.717) is 5.57 Å². The van der Waals surface area contributed by atoms with Gasteiger partial charge in [-0.05, 0) is 50.2 Å². The van der Waals surface area contributed by atoms with Gasteiger partial charge in [-0.15, -0.1) is 0 Å². The minimum atomic E-state index is -0.995. The lowest BCUT2D eigenvalue weighted by Gasteiger charge is -2.42. The fourth-order valence-electron chi connectivity index (χ4n) is 4.73. The molecule has 0 radical (unpaired) electrons. The molecule has 1 aromatic carbocycles. The van der Waals surface area contributed by atoms with E-state index < -0.39 is 40.5 Å². The number of nitrogens with zero attached hydrogens (tertiary/aromatic N) is 2. The Morgan fingerprint density at radius 2 is 1.43 bits per heavy atom. The normalized spacial score (nSPS) is 15.1. The zero-order valence-corrected chi connectivity index (χ0v) is 26.8. The van der Waals surface area contributed by atoms with Crippen LogP contribution in [0.15, 0.2) is 42.0 Å². The molecule has 0 heterocycles. The summed E-state index contributed by atoms with van der Waals surface area (Å²) in [6.07, 6.45) is 1.90. The number of carbonyl (C=O) groups is 4. The molecule has 3 atom stereocenters. The van der Waals surface area contributed by atoms with E-state index in [1.54, 1.807) is 52.8 Å². The maximum atomic E-state index is 14.2. The predicted molar refractivity (Wildman–Crippen MR) is 160 cm³/mol. The van der Waals surface area contributed by atoms with Gasteiger partial charge in [-0.25, -0.2) is 4.79 Å². The van der Waals surface area contributed by atoms with Crippen LogP contribution in [0.1, 0.15) is 81.7 Å². The van der Waals surface area contributed by atoms with E-state index in [1.165, 1.54) is 4.90 Å². The Morgan fingerprint density at radius 1 is 0.900 bits per heavy atom. The molecule has 0 bridgehead atoms. The maximum Gasteiger partial charge on any atom is 0.410 e. The van der Waals surface area contributed by atoms with Crippen molar-refractivity contribution in [2.45, 2.75) is 105 Å². The Balaban J connectivity index is 3.58. The number of likely N-dealkylation sites (N-methyl/N-ethyl adjacent to an activating group) is 2. The van der Waals surface area contributed by atoms with Gasteiger partial charge < -0.3 is 15.0 Å². The molecule has 0 aliphatic carbocycles. The van der Waals surface area contributed by atoms with Crippen LogP contribution in [0.2, 0.25) is 0 Å². The highest BCUT2D eigenvalue weighted by Gasteiger charge is 2.45. The molecule has 0 aromatic heterocycles. The van der Waals surface area contributed by atoms with Gasteiger partial charge in [0.1, 0.15) is 24.0 Å². The number of nitrogens with one attached hydrogen (secondary N) is 1. The van der Waals surface area contributed by atoms with E-state index in [1.807, 2.05) is 78.8 Å². The van der Waals surface area contributed by atoms with Gasteiger partial charge in [0.2, 0.25) is 11.8 Å². The minimum absolute atomic E-state index is 0.0308. The molecule has 40 heavy (non-hydrogen) atoms. The zero-order valence-electron chi connectivity index (χ0n) is 26.8. The molecule has 0 unspecified atom stereocenters. The summed E-state index contributed by atoms with van der Waals surface area (Å²) in [6.45, 7) is 20.4. The number of aldehydes is 1. The van der Waals surface area contributed by atoms with Crippen LogP contribution in [-0.4, -0.2) is 71.8 Å². The van der Waals surface area contributed by atoms with Gasteiger partial charge in [0.15, 0.2) is 0 Å². The van der Waals surface area contributed by atoms with Crippen LogP contribution in [-0.2, 0) is 24.5 Å². The smallest absolute Gasteiger partial charge is 0.410 e. The average molecular weight is 558 g/mol. The summed E-state index contributed by atoms with van der Waals surface area (Å²) in [6, 6.07) is 7.25. The second kappa shape index (κ2) is 13.5. The second-order valence-corrected chi connectivity index (χ2v) is 13.6. The molecule has 1 aromatic rings. The fraction of sp³-hybridized carbons (Fsp3) is 0.625. The summed E-state index contributed by atoms with van der Waals surface area (Å²) in [5, 5.41) is 3.00. The Labute approximate surface area is 241 Å². The van der Waals surface area contributed by atoms with Gasteiger partial charge in [-0.2, -0.15) is 0 Å². The van der Waals surface area contributed by atoms with Crippen molar-refractivity contribution in [2.24, 2.45) is 11.3 Å². The van der Waals surface area contributed by atoms with Gasteiger partial charge in [0, 0.05) is 19.5 Å². The van der Waals surface area contributed by atoms with E-state index in [2.05, 4.69) is 5.32 Å². The number of hydrogen-bond donors (Lipinski definition) is 1. The lowest BCUT2D eigenvalue weighted by atomic mass is 9.76. The van der Waals surface area contributed by atoms with Gasteiger partial charge in [-0.1, -0.05) is 84.9 Å². The van der Waals surface area contributed by atoms with Crippen LogP contribution < -0.4 is 5.32 Å². The fourth-order valence-corrected chi connectivity index (χ4v) is 4.73. The van der Waals surface area contributed by atoms with Gasteiger partial charge in [0.25, 0.3) is 0 Å². The van der Waals surface area contributed by atoms with Crippen molar-refractivity contribution < 1.29 is 23.9 Å². The minimum Gasteiger partial charge on any atom is -0.444 e. The largest absolute Gasteiger partial charge is 0.444 e. The molecule has 1 rings (SSSR count). The summed E-state index contributed by atoms with van der Waals surface area (Å²) in [5.74, 6) is -0.724. The van der Waals surface area contributed by atoms with Crippen LogP contribution in [0.3, 0.4) is 0 Å². The monoisotopic (exact) mass is 557 g/mol. The lowest BCUT2D eigenvalue weighted by molar-refractivity contribution is -0.141. The molecule has 3 amide bonds. The summed E-state index contributed by atoms with van der Waals surface area (Å²) in [4.78, 5) is 55.6. The highest BCUT2D eigenvalue weighted by molar-refractivity contribution is 5.93. The number of carbonyl (C=O) groups excluding carboxylic acids is 4. The maximum absolute atomic E-state index is 14.2. The van der Waals surface area contributed by atoms with Crippen molar-refractivity contribution in [1.29, 1.82) is 0 Å². The SMILES string of the molecule is C/C(C=O)=C\[C@H](C(C)C)N(C)C(=O)[C@@H](NC(=O)[C@@H](N(C)C(=O)OC(C)(C)C)C(C)(C)c1ccccc1)C(C)(C)C. The quantitative estimate of drug-likeness (QED) is 0.309. The van der Waals surface area contributed by atoms with Crippen molar-refractivity contribution in [3.05, 3.63) is 47.5 Å². The van der Waals surface area contributed by atoms with E-state index in [9.17, 15) is 19.2 Å². The van der Waals surface area contributed by atoms with Crippen LogP contribution in [0.5, 0.6) is 0 Å². The highest BCUT2D eigenvalue weighted by Crippen LogP contribution is 2.32. The molecule has 0 saturated heterocycles. The Morgan fingerprint density at radius 3 is 1.85 bits per heavy atom. The van der Waals surface area contributed by atoms with Gasteiger partial charge in [-0.3, -0.25) is 19.3 Å². The van der Waals surface area contributed by atoms with Crippen LogP contribution >= 0.6 is 0 Å². The summed E-state index contributed by atoms with van der Waals surface area (Å²) >= 11 is 0. The molecule has 8 nitrogen and oxygen atoms in total. The van der Waals surface area contributed by atoms with Crippen molar-refractivity contribution in [2.75, 3.05) is 14.1 Å². The Kier molecular flexibility index (Phi) is 11.7. The standard InChI is InChI=1S/C32H51N3O5/c1-21(2)24(19-22(3)20-36)34(12)28(38)25(30(4,5)6)33-27(37)26(35(13)29(39)40-31(7,8)9)32(10,11)23-17-15-14-16-18-23/h14-21,24-26H,1-13H3,(H,33,37)/b22-19+/t24-,25-,26-/m1/s1. The van der Waals surface area contributed by atoms with Crippen LogP contribution in [0.25, 0.3) is 0 Å². The molecular weight excluding hydrogens is 506 g/mol. The first-order valence-electron chi connectivity index (χ1n) is 13.9. The molecule has 0 aliphatic rings. The van der Waals surface area contributed by atoms with Gasteiger partial charge in [0.05, 0.1) is 6.04 Å². The van der Waals surface area contributed by atoms with Crippen molar-refractivity contribution in [1.82, 2.24) is 15.1 Å². The van der Waals surface area contributed by atoms with Crippen LogP contribution in [0.4, 0.5) is 4.79 Å². The first-order valence-corrected chi connectivity index (χ1v) is 13.9. The first kappa shape index (κ1) is 34.9. The van der Waals surface area contributed by atoms with E-state index in [4.69, 9.17) is 4.74 Å². The predicted octanol–water partition coefficient (Wildman–Crippen LogP) is 5.36. The molecule has 0 saturated carbocycles. The summed E-state index contributed by atoms with van der Waals surface area (Å²) in [7, 11) is 3.23. The molecular formula is C32H51N3O5. The number of hydrogen-bond acceptors (Lipinski definition) is 5. The number of benzene rings is 1. The van der Waals surface area contributed by atoms with E-state index in [-0.39, 0.29) is 17.9 Å². The number of allylic oxidation sites excluding steroid dienone is 1. The summed E-state index contributed by atoms with van der Waals surface area (Å²) < 4.78 is 5.62. The first-order chi connectivity index (χ1) is 18.1. The van der Waals surface area contributed by atoms with E-state index >= 15 is 0 Å².